The summed E-state index contributed by atoms with van der Waals surface area (Å²) < 4.78 is 45.2. The van der Waals surface area contributed by atoms with E-state index in [1.54, 1.807) is 12.1 Å². The third-order valence-electron chi connectivity index (χ3n) is 3.47. The first-order valence-corrected chi connectivity index (χ1v) is 8.73. The second-order valence-electron chi connectivity index (χ2n) is 5.25. The minimum absolute atomic E-state index is 0.0348. The van der Waals surface area contributed by atoms with Gasteiger partial charge in [0.1, 0.15) is 18.2 Å². The van der Waals surface area contributed by atoms with Crippen LogP contribution in [0, 0.1) is 5.82 Å². The Balaban J connectivity index is 1.58. The molecule has 2 aromatic carbocycles. The van der Waals surface area contributed by atoms with Crippen molar-refractivity contribution in [1.29, 1.82) is 0 Å². The molecule has 0 atom stereocenters. The number of hydrogen-bond acceptors (Lipinski definition) is 4. The van der Waals surface area contributed by atoms with Gasteiger partial charge in [0.15, 0.2) is 0 Å². The zero-order valence-corrected chi connectivity index (χ0v) is 13.4. The Bertz CT molecular complexity index is 883. The third-order valence-corrected chi connectivity index (χ3v) is 4.93. The van der Waals surface area contributed by atoms with Crippen molar-refractivity contribution in [3.8, 4) is 5.75 Å². The summed E-state index contributed by atoms with van der Waals surface area (Å²) in [5, 5.41) is 2.65. The van der Waals surface area contributed by atoms with Gasteiger partial charge in [0.2, 0.25) is 15.9 Å². The number of amides is 1. The van der Waals surface area contributed by atoms with Gasteiger partial charge < -0.3 is 10.1 Å². The maximum Gasteiger partial charge on any atom is 0.240 e. The summed E-state index contributed by atoms with van der Waals surface area (Å²) >= 11 is 0. The Morgan fingerprint density at radius 3 is 2.83 bits per heavy atom. The van der Waals surface area contributed by atoms with Crippen LogP contribution in [0.5, 0.6) is 5.75 Å². The maximum atomic E-state index is 13.0. The quantitative estimate of drug-likeness (QED) is 0.777. The summed E-state index contributed by atoms with van der Waals surface area (Å²) in [6, 6.07) is 10.1. The molecule has 8 heteroatoms. The molecular formula is C16H15FN2O4S. The van der Waals surface area contributed by atoms with E-state index in [0.29, 0.717) is 17.0 Å². The van der Waals surface area contributed by atoms with Crippen molar-refractivity contribution < 1.29 is 22.3 Å². The summed E-state index contributed by atoms with van der Waals surface area (Å²) in [4.78, 5) is 11.4. The van der Waals surface area contributed by atoms with Crippen LogP contribution in [0.2, 0.25) is 0 Å². The highest BCUT2D eigenvalue weighted by Crippen LogP contribution is 2.25. The number of benzene rings is 2. The number of halogens is 1. The van der Waals surface area contributed by atoms with Crippen LogP contribution in [0.1, 0.15) is 5.56 Å². The molecule has 2 aromatic rings. The molecular weight excluding hydrogens is 335 g/mol. The molecule has 24 heavy (non-hydrogen) atoms. The molecule has 126 valence electrons. The van der Waals surface area contributed by atoms with Crippen LogP contribution in [0.4, 0.5) is 10.1 Å². The number of fused-ring (bicyclic) bond motifs is 1. The van der Waals surface area contributed by atoms with E-state index in [9.17, 15) is 17.6 Å². The van der Waals surface area contributed by atoms with Crippen LogP contribution in [0.25, 0.3) is 0 Å². The molecule has 6 nitrogen and oxygen atoms in total. The van der Waals surface area contributed by atoms with Crippen LogP contribution in [0.3, 0.4) is 0 Å². The molecule has 1 aliphatic rings. The number of hydrogen-bond donors (Lipinski definition) is 2. The van der Waals surface area contributed by atoms with Crippen LogP contribution < -0.4 is 14.8 Å². The molecule has 1 amide bonds. The molecule has 0 radical (unpaired) electrons. The van der Waals surface area contributed by atoms with Crippen molar-refractivity contribution in [3.05, 3.63) is 53.8 Å². The minimum atomic E-state index is -3.71. The molecule has 0 spiro atoms. The van der Waals surface area contributed by atoms with Gasteiger partial charge in [0, 0.05) is 18.3 Å². The Morgan fingerprint density at radius 2 is 2.04 bits per heavy atom. The van der Waals surface area contributed by atoms with Gasteiger partial charge in [-0.25, -0.2) is 17.5 Å². The first-order valence-electron chi connectivity index (χ1n) is 7.25. The third kappa shape index (κ3) is 3.72. The molecule has 1 aliphatic heterocycles. The highest BCUT2D eigenvalue weighted by Gasteiger charge is 2.21. The first kappa shape index (κ1) is 16.4. The SMILES string of the molecule is O=C1Cc2cc(S(=O)(=O)NCCOc3cccc(F)c3)ccc2N1. The average Bonchev–Trinajstić information content (AvgIpc) is 2.91. The van der Waals surface area contributed by atoms with E-state index in [0.717, 1.165) is 0 Å². The zero-order chi connectivity index (χ0) is 17.2. The van der Waals surface area contributed by atoms with Gasteiger partial charge >= 0.3 is 0 Å². The number of carbonyl (C=O) groups is 1. The standard InChI is InChI=1S/C16H15FN2O4S/c17-12-2-1-3-13(10-12)23-7-6-18-24(21,22)14-4-5-15-11(8-14)9-16(20)19-15/h1-5,8,10,18H,6-7,9H2,(H,19,20). The maximum absolute atomic E-state index is 13.0. The van der Waals surface area contributed by atoms with Crippen LogP contribution in [-0.2, 0) is 21.2 Å². The van der Waals surface area contributed by atoms with Crippen LogP contribution >= 0.6 is 0 Å². The van der Waals surface area contributed by atoms with Crippen molar-refractivity contribution in [2.24, 2.45) is 0 Å². The number of rotatable bonds is 6. The number of carbonyl (C=O) groups excluding carboxylic acids is 1. The molecule has 0 fully saturated rings. The van der Waals surface area contributed by atoms with Gasteiger partial charge in [-0.05, 0) is 35.9 Å². The number of ether oxygens (including phenoxy) is 1. The molecule has 0 aromatic heterocycles. The first-order chi connectivity index (χ1) is 11.4. The average molecular weight is 350 g/mol. The molecule has 2 N–H and O–H groups in total. The van der Waals surface area contributed by atoms with E-state index in [4.69, 9.17) is 4.74 Å². The molecule has 0 saturated carbocycles. The lowest BCUT2D eigenvalue weighted by molar-refractivity contribution is -0.115. The van der Waals surface area contributed by atoms with Crippen LogP contribution in [-0.4, -0.2) is 27.5 Å². The number of anilines is 1. The van der Waals surface area contributed by atoms with Gasteiger partial charge in [0.05, 0.1) is 11.3 Å². The van der Waals surface area contributed by atoms with E-state index in [1.165, 1.54) is 30.3 Å². The van der Waals surface area contributed by atoms with Gasteiger partial charge in [-0.15, -0.1) is 0 Å². The number of nitrogens with one attached hydrogen (secondary N) is 2. The number of sulfonamides is 1. The fourth-order valence-corrected chi connectivity index (χ4v) is 3.42. The smallest absolute Gasteiger partial charge is 0.240 e. The highest BCUT2D eigenvalue weighted by molar-refractivity contribution is 7.89. The van der Waals surface area contributed by atoms with Gasteiger partial charge in [-0.1, -0.05) is 6.07 Å². The second-order valence-corrected chi connectivity index (χ2v) is 7.01. The minimum Gasteiger partial charge on any atom is -0.492 e. The van der Waals surface area contributed by atoms with Crippen molar-refractivity contribution in [1.82, 2.24) is 4.72 Å². The van der Waals surface area contributed by atoms with Crippen molar-refractivity contribution in [2.75, 3.05) is 18.5 Å². The fourth-order valence-electron chi connectivity index (χ4n) is 2.36. The summed E-state index contributed by atoms with van der Waals surface area (Å²) in [7, 11) is -3.71. The lowest BCUT2D eigenvalue weighted by Crippen LogP contribution is -2.28. The molecule has 0 aliphatic carbocycles. The summed E-state index contributed by atoms with van der Waals surface area (Å²) in [6.07, 6.45) is 0.168. The summed E-state index contributed by atoms with van der Waals surface area (Å²) in [6.45, 7) is 0.0980. The predicted molar refractivity (Wildman–Crippen MR) is 85.9 cm³/mol. The molecule has 1 heterocycles. The molecule has 0 bridgehead atoms. The van der Waals surface area contributed by atoms with Crippen LogP contribution in [0.15, 0.2) is 47.4 Å². The van der Waals surface area contributed by atoms with E-state index in [1.807, 2.05) is 0 Å². The highest BCUT2D eigenvalue weighted by atomic mass is 32.2. The predicted octanol–water partition coefficient (Wildman–Crippen LogP) is 1.68. The van der Waals surface area contributed by atoms with E-state index in [-0.39, 0.29) is 30.4 Å². The largest absolute Gasteiger partial charge is 0.492 e. The Morgan fingerprint density at radius 1 is 1.21 bits per heavy atom. The second kappa shape index (κ2) is 6.58. The van der Waals surface area contributed by atoms with Crippen molar-refractivity contribution in [2.45, 2.75) is 11.3 Å². The summed E-state index contributed by atoms with van der Waals surface area (Å²) in [5.74, 6) is -0.248. The molecule has 3 rings (SSSR count). The Hall–Kier alpha value is -2.45. The molecule has 0 saturated heterocycles. The fraction of sp³-hybridized carbons (Fsp3) is 0.188. The lowest BCUT2D eigenvalue weighted by Gasteiger charge is -2.09. The van der Waals surface area contributed by atoms with Gasteiger partial charge in [0.25, 0.3) is 0 Å². The van der Waals surface area contributed by atoms with Gasteiger partial charge in [-0.2, -0.15) is 0 Å². The Labute approximate surface area is 138 Å². The van der Waals surface area contributed by atoms with Gasteiger partial charge in [-0.3, -0.25) is 4.79 Å². The summed E-state index contributed by atoms with van der Waals surface area (Å²) in [5.41, 5.74) is 1.28. The Kier molecular flexibility index (Phi) is 4.50. The van der Waals surface area contributed by atoms with Crippen molar-refractivity contribution >= 4 is 21.6 Å². The lowest BCUT2D eigenvalue weighted by atomic mass is 10.2. The topological polar surface area (TPSA) is 84.5 Å². The van der Waals surface area contributed by atoms with E-state index >= 15 is 0 Å². The zero-order valence-electron chi connectivity index (χ0n) is 12.6. The monoisotopic (exact) mass is 350 g/mol. The van der Waals surface area contributed by atoms with E-state index in [2.05, 4.69) is 10.0 Å². The van der Waals surface area contributed by atoms with Crippen molar-refractivity contribution in [3.63, 3.8) is 0 Å². The van der Waals surface area contributed by atoms with E-state index < -0.39 is 15.8 Å². The molecule has 0 unspecified atom stereocenters. The normalized spacial score (nSPS) is 13.5.